The van der Waals surface area contributed by atoms with Crippen LogP contribution < -0.4 is 5.43 Å². The van der Waals surface area contributed by atoms with Gasteiger partial charge in [-0.25, -0.2) is 9.82 Å². The third-order valence-electron chi connectivity index (χ3n) is 5.01. The second kappa shape index (κ2) is 8.51. The molecule has 1 aromatic heterocycles. The van der Waals surface area contributed by atoms with Crippen molar-refractivity contribution in [2.24, 2.45) is 5.10 Å². The van der Waals surface area contributed by atoms with Gasteiger partial charge >= 0.3 is 0 Å². The first kappa shape index (κ1) is 19.9. The van der Waals surface area contributed by atoms with Crippen LogP contribution in [0.2, 0.25) is 5.02 Å². The Hall–Kier alpha value is -3.44. The van der Waals surface area contributed by atoms with E-state index in [2.05, 4.69) is 15.1 Å². The molecule has 6 heteroatoms. The summed E-state index contributed by atoms with van der Waals surface area (Å²) in [7, 11) is 0. The van der Waals surface area contributed by atoms with Crippen molar-refractivity contribution in [3.63, 3.8) is 0 Å². The van der Waals surface area contributed by atoms with Crippen LogP contribution in [0.25, 0.3) is 10.9 Å². The highest BCUT2D eigenvalue weighted by Gasteiger charge is 2.13. The normalized spacial score (nSPS) is 11.3. The first-order valence-corrected chi connectivity index (χ1v) is 9.82. The fourth-order valence-electron chi connectivity index (χ4n) is 3.46. The van der Waals surface area contributed by atoms with E-state index >= 15 is 0 Å². The summed E-state index contributed by atoms with van der Waals surface area (Å²) < 4.78 is 15.4. The van der Waals surface area contributed by atoms with Crippen molar-refractivity contribution in [2.45, 2.75) is 13.5 Å². The Balaban J connectivity index is 1.63. The number of nitrogens with zero attached hydrogens (tertiary/aromatic N) is 2. The predicted molar refractivity (Wildman–Crippen MR) is 119 cm³/mol. The summed E-state index contributed by atoms with van der Waals surface area (Å²) in [5, 5.41) is 5.55. The van der Waals surface area contributed by atoms with Crippen molar-refractivity contribution >= 4 is 34.6 Å². The van der Waals surface area contributed by atoms with Crippen LogP contribution in [0.3, 0.4) is 0 Å². The monoisotopic (exact) mass is 419 g/mol. The standard InChI is InChI=1S/C24H19ClFN3O/c1-16-21(14-27-28-24(30)20-7-2-4-8-22(20)25)19-6-3-5-9-23(19)29(16)15-17-10-12-18(26)13-11-17/h2-14H,15H2,1H3,(H,28,30)/b27-14-. The summed E-state index contributed by atoms with van der Waals surface area (Å²) in [4.78, 5) is 12.3. The molecule has 4 nitrogen and oxygen atoms in total. The molecule has 0 spiro atoms. The van der Waals surface area contributed by atoms with Crippen LogP contribution in [0.15, 0.2) is 77.9 Å². The number of hydrogen-bond acceptors (Lipinski definition) is 2. The number of halogens is 2. The highest BCUT2D eigenvalue weighted by atomic mass is 35.5. The van der Waals surface area contributed by atoms with Crippen molar-refractivity contribution in [2.75, 3.05) is 0 Å². The highest BCUT2D eigenvalue weighted by Crippen LogP contribution is 2.25. The maximum atomic E-state index is 13.2. The molecule has 0 radical (unpaired) electrons. The number of rotatable bonds is 5. The molecular weight excluding hydrogens is 401 g/mol. The molecule has 0 aliphatic carbocycles. The van der Waals surface area contributed by atoms with Crippen molar-refractivity contribution < 1.29 is 9.18 Å². The van der Waals surface area contributed by atoms with Crippen molar-refractivity contribution in [3.8, 4) is 0 Å². The maximum absolute atomic E-state index is 13.2. The van der Waals surface area contributed by atoms with E-state index in [4.69, 9.17) is 11.6 Å². The lowest BCUT2D eigenvalue weighted by atomic mass is 10.1. The summed E-state index contributed by atoms with van der Waals surface area (Å²) >= 11 is 6.07. The molecule has 0 atom stereocenters. The van der Waals surface area contributed by atoms with Gasteiger partial charge in [-0.2, -0.15) is 5.10 Å². The molecule has 3 aromatic carbocycles. The first-order valence-electron chi connectivity index (χ1n) is 9.45. The Morgan fingerprint density at radius 2 is 1.77 bits per heavy atom. The molecule has 0 bridgehead atoms. The molecule has 0 saturated heterocycles. The fourth-order valence-corrected chi connectivity index (χ4v) is 3.68. The molecule has 0 fully saturated rings. The summed E-state index contributed by atoms with van der Waals surface area (Å²) in [6, 6.07) is 21.3. The number of hydrogen-bond donors (Lipinski definition) is 1. The second-order valence-corrected chi connectivity index (χ2v) is 7.32. The topological polar surface area (TPSA) is 46.4 Å². The van der Waals surface area contributed by atoms with Crippen LogP contribution in [-0.4, -0.2) is 16.7 Å². The van der Waals surface area contributed by atoms with Crippen molar-refractivity contribution in [1.82, 2.24) is 9.99 Å². The van der Waals surface area contributed by atoms with Gasteiger partial charge in [0.2, 0.25) is 0 Å². The number of carbonyl (C=O) groups excluding carboxylic acids is 1. The smallest absolute Gasteiger partial charge is 0.272 e. The fraction of sp³-hybridized carbons (Fsp3) is 0.0833. The van der Waals surface area contributed by atoms with Crippen molar-refractivity contribution in [3.05, 3.63) is 106 Å². The molecule has 150 valence electrons. The predicted octanol–water partition coefficient (Wildman–Crippen LogP) is 5.55. The SMILES string of the molecule is Cc1c(/C=N\NC(=O)c2ccccc2Cl)c2ccccc2n1Cc1ccc(F)cc1. The minimum Gasteiger partial charge on any atom is -0.340 e. The lowest BCUT2D eigenvalue weighted by molar-refractivity contribution is 0.0955. The van der Waals surface area contributed by atoms with Crippen LogP contribution in [0.1, 0.15) is 27.2 Å². The molecular formula is C24H19ClFN3O. The molecule has 1 amide bonds. The number of fused-ring (bicyclic) bond motifs is 1. The van der Waals surface area contributed by atoms with E-state index in [1.807, 2.05) is 31.2 Å². The molecule has 0 aliphatic heterocycles. The largest absolute Gasteiger partial charge is 0.340 e. The number of nitrogens with one attached hydrogen (secondary N) is 1. The van der Waals surface area contributed by atoms with Gasteiger partial charge in [0.15, 0.2) is 0 Å². The van der Waals surface area contributed by atoms with Crippen LogP contribution in [0.5, 0.6) is 0 Å². The van der Waals surface area contributed by atoms with E-state index in [1.54, 1.807) is 42.6 Å². The Morgan fingerprint density at radius 3 is 2.53 bits per heavy atom. The number of para-hydroxylation sites is 1. The van der Waals surface area contributed by atoms with Gasteiger partial charge in [0.25, 0.3) is 5.91 Å². The summed E-state index contributed by atoms with van der Waals surface area (Å²) in [5.41, 5.74) is 6.85. The van der Waals surface area contributed by atoms with E-state index in [-0.39, 0.29) is 11.7 Å². The molecule has 0 saturated carbocycles. The zero-order chi connectivity index (χ0) is 21.1. The number of carbonyl (C=O) groups is 1. The Kier molecular flexibility index (Phi) is 5.63. The van der Waals surface area contributed by atoms with Crippen LogP contribution in [-0.2, 0) is 6.54 Å². The van der Waals surface area contributed by atoms with E-state index < -0.39 is 0 Å². The average molecular weight is 420 g/mol. The minimum atomic E-state index is -0.371. The third-order valence-corrected chi connectivity index (χ3v) is 5.34. The molecule has 1 heterocycles. The molecule has 0 unspecified atom stereocenters. The van der Waals surface area contributed by atoms with E-state index in [0.29, 0.717) is 17.1 Å². The summed E-state index contributed by atoms with van der Waals surface area (Å²) in [6.07, 6.45) is 1.65. The van der Waals surface area contributed by atoms with Gasteiger partial charge < -0.3 is 4.57 Å². The molecule has 30 heavy (non-hydrogen) atoms. The summed E-state index contributed by atoms with van der Waals surface area (Å²) in [5.74, 6) is -0.625. The van der Waals surface area contributed by atoms with Crippen LogP contribution >= 0.6 is 11.6 Å². The van der Waals surface area contributed by atoms with Gasteiger partial charge in [0.1, 0.15) is 5.82 Å². The highest BCUT2D eigenvalue weighted by molar-refractivity contribution is 6.33. The lowest BCUT2D eigenvalue weighted by Crippen LogP contribution is -2.18. The van der Waals surface area contributed by atoms with Crippen molar-refractivity contribution in [1.29, 1.82) is 0 Å². The van der Waals surface area contributed by atoms with Crippen LogP contribution in [0.4, 0.5) is 4.39 Å². The average Bonchev–Trinajstić information content (AvgIpc) is 3.01. The van der Waals surface area contributed by atoms with Gasteiger partial charge in [-0.1, -0.05) is 54.1 Å². The van der Waals surface area contributed by atoms with Gasteiger partial charge in [-0.3, -0.25) is 4.79 Å². The second-order valence-electron chi connectivity index (χ2n) is 6.91. The zero-order valence-corrected chi connectivity index (χ0v) is 17.0. The maximum Gasteiger partial charge on any atom is 0.272 e. The molecule has 4 rings (SSSR count). The molecule has 1 N–H and O–H groups in total. The van der Waals surface area contributed by atoms with E-state index in [0.717, 1.165) is 27.7 Å². The molecule has 0 aliphatic rings. The Morgan fingerprint density at radius 1 is 1.07 bits per heavy atom. The van der Waals surface area contributed by atoms with E-state index in [1.165, 1.54) is 12.1 Å². The number of benzene rings is 3. The van der Waals surface area contributed by atoms with Gasteiger partial charge in [-0.05, 0) is 42.8 Å². The lowest BCUT2D eigenvalue weighted by Gasteiger charge is -2.08. The zero-order valence-electron chi connectivity index (χ0n) is 16.3. The summed E-state index contributed by atoms with van der Waals surface area (Å²) in [6.45, 7) is 2.60. The van der Waals surface area contributed by atoms with Gasteiger partial charge in [-0.15, -0.1) is 0 Å². The number of hydrazone groups is 1. The number of amides is 1. The first-order chi connectivity index (χ1) is 14.5. The number of aromatic nitrogens is 1. The minimum absolute atomic E-state index is 0.255. The van der Waals surface area contributed by atoms with Gasteiger partial charge in [0.05, 0.1) is 16.8 Å². The van der Waals surface area contributed by atoms with Gasteiger partial charge in [0, 0.05) is 28.7 Å². The Bertz CT molecular complexity index is 1250. The molecule has 4 aromatic rings. The quantitative estimate of drug-likeness (QED) is 0.334. The van der Waals surface area contributed by atoms with Crippen LogP contribution in [0, 0.1) is 12.7 Å². The third kappa shape index (κ3) is 3.98. The Labute approximate surface area is 178 Å². The van der Waals surface area contributed by atoms with E-state index in [9.17, 15) is 9.18 Å².